The first kappa shape index (κ1) is 17.7. The van der Waals surface area contributed by atoms with Crippen LogP contribution in [0.4, 0.5) is 10.1 Å². The second-order valence-electron chi connectivity index (χ2n) is 5.98. The number of fused-ring (bicyclic) bond motifs is 1. The molecule has 2 N–H and O–H groups in total. The van der Waals surface area contributed by atoms with Crippen molar-refractivity contribution in [1.82, 2.24) is 5.32 Å². The number of hydrogen-bond donors (Lipinski definition) is 2. The third-order valence-corrected chi connectivity index (χ3v) is 4.13. The van der Waals surface area contributed by atoms with Gasteiger partial charge >= 0.3 is 0 Å². The van der Waals surface area contributed by atoms with Crippen molar-refractivity contribution < 1.29 is 23.5 Å². The Bertz CT molecular complexity index is 840. The molecule has 0 aromatic heterocycles. The molecule has 1 aliphatic rings. The van der Waals surface area contributed by atoms with Gasteiger partial charge in [-0.15, -0.1) is 0 Å². The smallest absolute Gasteiger partial charge is 0.266 e. The highest BCUT2D eigenvalue weighted by Crippen LogP contribution is 2.29. The van der Waals surface area contributed by atoms with Crippen molar-refractivity contribution in [2.24, 2.45) is 0 Å². The van der Waals surface area contributed by atoms with Gasteiger partial charge in [0.1, 0.15) is 5.75 Å². The zero-order chi connectivity index (χ0) is 18.7. The molecule has 0 bridgehead atoms. The highest BCUT2D eigenvalue weighted by atomic mass is 19.1. The lowest BCUT2D eigenvalue weighted by molar-refractivity contribution is -0.130. The molecule has 2 aromatic rings. The maximum Gasteiger partial charge on any atom is 0.266 e. The lowest BCUT2D eigenvalue weighted by atomic mass is 10.1. The number of ether oxygens (including phenoxy) is 2. The van der Waals surface area contributed by atoms with Crippen molar-refractivity contribution >= 4 is 17.5 Å². The van der Waals surface area contributed by atoms with Crippen LogP contribution in [0.25, 0.3) is 0 Å². The fourth-order valence-corrected chi connectivity index (χ4v) is 2.73. The standard InChI is InChI=1S/C19H19FN2O4/c1-11(12-7-8-15(25-2)13(20)9-12)21-18(23)10-17-19(24)22-14-5-3-4-6-16(14)26-17/h3-9,11,17H,10H2,1-2H3,(H,21,23)(H,22,24)/t11-,17-/m1/s1. The van der Waals surface area contributed by atoms with E-state index >= 15 is 0 Å². The van der Waals surface area contributed by atoms with Gasteiger partial charge in [-0.3, -0.25) is 9.59 Å². The molecule has 7 heteroatoms. The predicted molar refractivity (Wildman–Crippen MR) is 93.6 cm³/mol. The van der Waals surface area contributed by atoms with Crippen molar-refractivity contribution in [3.05, 3.63) is 53.8 Å². The molecule has 6 nitrogen and oxygen atoms in total. The predicted octanol–water partition coefficient (Wildman–Crippen LogP) is 2.80. The van der Waals surface area contributed by atoms with E-state index in [0.717, 1.165) is 0 Å². The molecule has 0 saturated heterocycles. The number of halogens is 1. The van der Waals surface area contributed by atoms with Gasteiger partial charge < -0.3 is 20.1 Å². The molecule has 0 unspecified atom stereocenters. The highest BCUT2D eigenvalue weighted by molar-refractivity contribution is 5.99. The van der Waals surface area contributed by atoms with E-state index in [1.54, 1.807) is 37.3 Å². The van der Waals surface area contributed by atoms with Crippen molar-refractivity contribution in [1.29, 1.82) is 0 Å². The normalized spacial score (nSPS) is 16.7. The second-order valence-corrected chi connectivity index (χ2v) is 5.98. The largest absolute Gasteiger partial charge is 0.494 e. The topological polar surface area (TPSA) is 76.7 Å². The van der Waals surface area contributed by atoms with Crippen molar-refractivity contribution in [2.45, 2.75) is 25.5 Å². The van der Waals surface area contributed by atoms with E-state index in [4.69, 9.17) is 9.47 Å². The summed E-state index contributed by atoms with van der Waals surface area (Å²) in [5.74, 6) is -0.582. The summed E-state index contributed by atoms with van der Waals surface area (Å²) in [7, 11) is 1.39. The Morgan fingerprint density at radius 1 is 1.35 bits per heavy atom. The summed E-state index contributed by atoms with van der Waals surface area (Å²) in [5, 5.41) is 5.46. The van der Waals surface area contributed by atoms with Gasteiger partial charge in [0.2, 0.25) is 5.91 Å². The Kier molecular flexibility index (Phi) is 5.06. The number of methoxy groups -OCH3 is 1. The fraction of sp³-hybridized carbons (Fsp3) is 0.263. The van der Waals surface area contributed by atoms with Crippen LogP contribution in [0, 0.1) is 5.82 Å². The number of carbonyl (C=O) groups is 2. The molecule has 1 aliphatic heterocycles. The summed E-state index contributed by atoms with van der Waals surface area (Å²) in [4.78, 5) is 24.4. The molecule has 3 rings (SSSR count). The molecule has 1 heterocycles. The monoisotopic (exact) mass is 358 g/mol. The molecule has 2 aromatic carbocycles. The number of para-hydroxylation sites is 2. The van der Waals surface area contributed by atoms with Gasteiger partial charge in [-0.25, -0.2) is 4.39 Å². The number of anilines is 1. The summed E-state index contributed by atoms with van der Waals surface area (Å²) in [6.45, 7) is 1.73. The van der Waals surface area contributed by atoms with Gasteiger partial charge in [0.05, 0.1) is 25.3 Å². The minimum Gasteiger partial charge on any atom is -0.494 e. The van der Waals surface area contributed by atoms with Crippen LogP contribution in [0.3, 0.4) is 0 Å². The minimum absolute atomic E-state index is 0.136. The Balaban J connectivity index is 1.62. The van der Waals surface area contributed by atoms with E-state index in [2.05, 4.69) is 10.6 Å². The van der Waals surface area contributed by atoms with Crippen LogP contribution in [-0.4, -0.2) is 25.0 Å². The van der Waals surface area contributed by atoms with E-state index < -0.39 is 18.0 Å². The molecule has 2 atom stereocenters. The zero-order valence-corrected chi connectivity index (χ0v) is 14.4. The van der Waals surface area contributed by atoms with Gasteiger partial charge in [0.15, 0.2) is 17.7 Å². The molecule has 2 amide bonds. The van der Waals surface area contributed by atoms with Crippen molar-refractivity contribution in [3.8, 4) is 11.5 Å². The third-order valence-electron chi connectivity index (χ3n) is 4.13. The van der Waals surface area contributed by atoms with Crippen LogP contribution in [0.2, 0.25) is 0 Å². The van der Waals surface area contributed by atoms with Gasteiger partial charge in [-0.1, -0.05) is 18.2 Å². The SMILES string of the molecule is COc1ccc([C@@H](C)NC(=O)C[C@H]2Oc3ccccc3NC2=O)cc1F. The number of benzene rings is 2. The molecule has 0 fully saturated rings. The van der Waals surface area contributed by atoms with Gasteiger partial charge in [0.25, 0.3) is 5.91 Å². The molecular weight excluding hydrogens is 339 g/mol. The van der Waals surface area contributed by atoms with Crippen molar-refractivity contribution in [2.75, 3.05) is 12.4 Å². The van der Waals surface area contributed by atoms with E-state index in [1.165, 1.54) is 19.2 Å². The molecular formula is C19H19FN2O4. The average molecular weight is 358 g/mol. The van der Waals surface area contributed by atoms with E-state index in [0.29, 0.717) is 17.0 Å². The molecule has 0 aliphatic carbocycles. The van der Waals surface area contributed by atoms with Gasteiger partial charge in [-0.2, -0.15) is 0 Å². The number of carbonyl (C=O) groups excluding carboxylic acids is 2. The van der Waals surface area contributed by atoms with Crippen LogP contribution in [0.5, 0.6) is 11.5 Å². The number of amides is 2. The zero-order valence-electron chi connectivity index (χ0n) is 14.4. The quantitative estimate of drug-likeness (QED) is 0.862. The maximum atomic E-state index is 13.8. The molecule has 0 saturated carbocycles. The first-order chi connectivity index (χ1) is 12.5. The minimum atomic E-state index is -0.912. The summed E-state index contributed by atoms with van der Waals surface area (Å²) in [6, 6.07) is 11.1. The summed E-state index contributed by atoms with van der Waals surface area (Å²) in [5.41, 5.74) is 1.17. The first-order valence-electron chi connectivity index (χ1n) is 8.17. The Hall–Kier alpha value is -3.09. The average Bonchev–Trinajstić information content (AvgIpc) is 2.62. The Morgan fingerprint density at radius 3 is 2.85 bits per heavy atom. The van der Waals surface area contributed by atoms with E-state index in [1.807, 2.05) is 0 Å². The van der Waals surface area contributed by atoms with Crippen LogP contribution < -0.4 is 20.1 Å². The lowest BCUT2D eigenvalue weighted by Crippen LogP contribution is -2.41. The summed E-state index contributed by atoms with van der Waals surface area (Å²) < 4.78 is 24.3. The van der Waals surface area contributed by atoms with Crippen LogP contribution >= 0.6 is 0 Å². The lowest BCUT2D eigenvalue weighted by Gasteiger charge is -2.26. The summed E-state index contributed by atoms with van der Waals surface area (Å²) >= 11 is 0. The molecule has 0 radical (unpaired) electrons. The van der Waals surface area contributed by atoms with Gasteiger partial charge in [0, 0.05) is 0 Å². The molecule has 136 valence electrons. The van der Waals surface area contributed by atoms with E-state index in [9.17, 15) is 14.0 Å². The third kappa shape index (κ3) is 3.77. The van der Waals surface area contributed by atoms with Crippen molar-refractivity contribution in [3.63, 3.8) is 0 Å². The second kappa shape index (κ2) is 7.43. The van der Waals surface area contributed by atoms with E-state index in [-0.39, 0.29) is 24.0 Å². The van der Waals surface area contributed by atoms with Crippen LogP contribution in [-0.2, 0) is 9.59 Å². The van der Waals surface area contributed by atoms with Crippen LogP contribution in [0.1, 0.15) is 24.9 Å². The maximum absolute atomic E-state index is 13.8. The Labute approximate surface area is 150 Å². The number of rotatable bonds is 5. The first-order valence-corrected chi connectivity index (χ1v) is 8.17. The number of nitrogens with one attached hydrogen (secondary N) is 2. The summed E-state index contributed by atoms with van der Waals surface area (Å²) in [6.07, 6.45) is -1.05. The molecule has 26 heavy (non-hydrogen) atoms. The number of hydrogen-bond acceptors (Lipinski definition) is 4. The Morgan fingerprint density at radius 2 is 2.12 bits per heavy atom. The van der Waals surface area contributed by atoms with Crippen LogP contribution in [0.15, 0.2) is 42.5 Å². The molecule has 0 spiro atoms. The highest BCUT2D eigenvalue weighted by Gasteiger charge is 2.29. The van der Waals surface area contributed by atoms with Gasteiger partial charge in [-0.05, 0) is 36.8 Å². The fourth-order valence-electron chi connectivity index (χ4n) is 2.73.